The van der Waals surface area contributed by atoms with Crippen molar-refractivity contribution in [3.63, 3.8) is 0 Å². The van der Waals surface area contributed by atoms with E-state index in [9.17, 15) is 18.0 Å². The molecule has 1 fully saturated rings. The van der Waals surface area contributed by atoms with E-state index in [1.165, 1.54) is 44.7 Å². The van der Waals surface area contributed by atoms with Gasteiger partial charge in [-0.25, -0.2) is 8.42 Å². The van der Waals surface area contributed by atoms with Crippen molar-refractivity contribution in [2.24, 2.45) is 5.92 Å². The Labute approximate surface area is 166 Å². The van der Waals surface area contributed by atoms with Crippen LogP contribution in [-0.4, -0.2) is 46.5 Å². The monoisotopic (exact) mass is 411 g/mol. The average Bonchev–Trinajstić information content (AvgIpc) is 2.71. The van der Waals surface area contributed by atoms with E-state index in [4.69, 9.17) is 4.74 Å². The van der Waals surface area contributed by atoms with Crippen molar-refractivity contribution in [1.82, 2.24) is 15.4 Å². The van der Waals surface area contributed by atoms with E-state index >= 15 is 0 Å². The summed E-state index contributed by atoms with van der Waals surface area (Å²) in [5, 5.41) is 5.46. The number of carbonyl (C=O) groups excluding carboxylic acids is 2. The van der Waals surface area contributed by atoms with Crippen molar-refractivity contribution in [1.29, 1.82) is 0 Å². The number of carbonyl (C=O) groups is 2. The first-order valence-electron chi connectivity index (χ1n) is 9.55. The Hall–Kier alpha value is -2.13. The van der Waals surface area contributed by atoms with Crippen molar-refractivity contribution in [2.75, 3.05) is 20.2 Å². The minimum Gasteiger partial charge on any atom is -0.497 e. The molecule has 1 atom stereocenters. The maximum Gasteiger partial charge on any atom is 0.241 e. The molecule has 0 saturated heterocycles. The van der Waals surface area contributed by atoms with Crippen LogP contribution >= 0.6 is 0 Å². The van der Waals surface area contributed by atoms with Crippen LogP contribution in [0.4, 0.5) is 0 Å². The molecule has 28 heavy (non-hydrogen) atoms. The molecule has 2 rings (SSSR count). The Morgan fingerprint density at radius 3 is 2.29 bits per heavy atom. The van der Waals surface area contributed by atoms with Gasteiger partial charge in [0.15, 0.2) is 0 Å². The fourth-order valence-corrected chi connectivity index (χ4v) is 4.35. The van der Waals surface area contributed by atoms with E-state index < -0.39 is 22.0 Å². The lowest BCUT2D eigenvalue weighted by Crippen LogP contribution is -2.46. The molecule has 1 saturated carbocycles. The lowest BCUT2D eigenvalue weighted by molar-refractivity contribution is -0.126. The zero-order chi connectivity index (χ0) is 20.6. The van der Waals surface area contributed by atoms with Gasteiger partial charge in [0, 0.05) is 19.0 Å². The number of hydrogen-bond acceptors (Lipinski definition) is 5. The molecule has 0 unspecified atom stereocenters. The third-order valence-electron chi connectivity index (χ3n) is 4.79. The predicted molar refractivity (Wildman–Crippen MR) is 105 cm³/mol. The standard InChI is InChI=1S/C19H29N3O5S/c1-14(22-28(25,26)17-10-8-16(27-2)9-11-17)18(23)20-12-13-21-19(24)15-6-4-3-5-7-15/h8-11,14-15,22H,3-7,12-13H2,1-2H3,(H,20,23)(H,21,24)/t14-/m0/s1. The Morgan fingerprint density at radius 2 is 1.68 bits per heavy atom. The average molecular weight is 412 g/mol. The Morgan fingerprint density at radius 1 is 1.07 bits per heavy atom. The highest BCUT2D eigenvalue weighted by Gasteiger charge is 2.23. The molecule has 0 aromatic heterocycles. The highest BCUT2D eigenvalue weighted by Crippen LogP contribution is 2.23. The normalized spacial score (nSPS) is 16.2. The molecule has 2 amide bonds. The lowest BCUT2D eigenvalue weighted by atomic mass is 9.89. The molecule has 1 aromatic rings. The van der Waals surface area contributed by atoms with E-state index in [0.717, 1.165) is 25.7 Å². The molecular weight excluding hydrogens is 382 g/mol. The summed E-state index contributed by atoms with van der Waals surface area (Å²) in [6, 6.07) is 4.95. The zero-order valence-corrected chi connectivity index (χ0v) is 17.2. The van der Waals surface area contributed by atoms with Crippen molar-refractivity contribution in [3.8, 4) is 5.75 Å². The largest absolute Gasteiger partial charge is 0.497 e. The van der Waals surface area contributed by atoms with Crippen LogP contribution in [0.5, 0.6) is 5.75 Å². The quantitative estimate of drug-likeness (QED) is 0.528. The Balaban J connectivity index is 1.74. The van der Waals surface area contributed by atoms with Crippen LogP contribution in [-0.2, 0) is 19.6 Å². The predicted octanol–water partition coefficient (Wildman–Crippen LogP) is 1.17. The third kappa shape index (κ3) is 6.49. The van der Waals surface area contributed by atoms with Gasteiger partial charge in [-0.05, 0) is 44.0 Å². The highest BCUT2D eigenvalue weighted by molar-refractivity contribution is 7.89. The number of benzene rings is 1. The van der Waals surface area contributed by atoms with Gasteiger partial charge in [0.1, 0.15) is 5.75 Å². The molecule has 0 bridgehead atoms. The number of sulfonamides is 1. The maximum atomic E-state index is 12.4. The smallest absolute Gasteiger partial charge is 0.241 e. The van der Waals surface area contributed by atoms with Gasteiger partial charge in [-0.1, -0.05) is 19.3 Å². The van der Waals surface area contributed by atoms with Crippen molar-refractivity contribution in [2.45, 2.75) is 50.0 Å². The van der Waals surface area contributed by atoms with E-state index in [2.05, 4.69) is 15.4 Å². The van der Waals surface area contributed by atoms with Crippen molar-refractivity contribution < 1.29 is 22.7 Å². The maximum absolute atomic E-state index is 12.4. The lowest BCUT2D eigenvalue weighted by Gasteiger charge is -2.21. The minimum absolute atomic E-state index is 0.0298. The Bertz CT molecular complexity index is 758. The summed E-state index contributed by atoms with van der Waals surface area (Å²) in [5.41, 5.74) is 0. The molecule has 1 aliphatic carbocycles. The summed E-state index contributed by atoms with van der Waals surface area (Å²) in [6.45, 7) is 2.03. The van der Waals surface area contributed by atoms with Crippen LogP contribution < -0.4 is 20.1 Å². The van der Waals surface area contributed by atoms with Crippen LogP contribution in [0, 0.1) is 5.92 Å². The number of amides is 2. The third-order valence-corrected chi connectivity index (χ3v) is 6.35. The second-order valence-electron chi connectivity index (χ2n) is 6.94. The molecule has 3 N–H and O–H groups in total. The second-order valence-corrected chi connectivity index (χ2v) is 8.65. The molecule has 1 aliphatic rings. The van der Waals surface area contributed by atoms with Crippen LogP contribution in [0.25, 0.3) is 0 Å². The summed E-state index contributed by atoms with van der Waals surface area (Å²) >= 11 is 0. The number of nitrogens with one attached hydrogen (secondary N) is 3. The first-order chi connectivity index (χ1) is 13.3. The van der Waals surface area contributed by atoms with Gasteiger partial charge in [0.2, 0.25) is 21.8 Å². The summed E-state index contributed by atoms with van der Waals surface area (Å²) in [5.74, 6) is 0.186. The molecule has 0 spiro atoms. The van der Waals surface area contributed by atoms with Crippen LogP contribution in [0.2, 0.25) is 0 Å². The first kappa shape index (κ1) is 22.2. The summed E-state index contributed by atoms with van der Waals surface area (Å²) in [7, 11) is -2.33. The molecule has 156 valence electrons. The number of hydrogen-bond donors (Lipinski definition) is 3. The Kier molecular flexibility index (Phi) is 8.25. The molecule has 1 aromatic carbocycles. The molecular formula is C19H29N3O5S. The number of methoxy groups -OCH3 is 1. The molecule has 0 heterocycles. The minimum atomic E-state index is -3.82. The highest BCUT2D eigenvalue weighted by atomic mass is 32.2. The molecule has 0 radical (unpaired) electrons. The summed E-state index contributed by atoms with van der Waals surface area (Å²) < 4.78 is 32.0. The number of rotatable bonds is 9. The van der Waals surface area contributed by atoms with Gasteiger partial charge < -0.3 is 15.4 Å². The first-order valence-corrected chi connectivity index (χ1v) is 11.0. The topological polar surface area (TPSA) is 114 Å². The van der Waals surface area contributed by atoms with Gasteiger partial charge in [-0.2, -0.15) is 4.72 Å². The molecule has 0 aliphatic heterocycles. The van der Waals surface area contributed by atoms with E-state index in [-0.39, 0.29) is 23.3 Å². The number of ether oxygens (including phenoxy) is 1. The van der Waals surface area contributed by atoms with Crippen molar-refractivity contribution >= 4 is 21.8 Å². The van der Waals surface area contributed by atoms with E-state index in [0.29, 0.717) is 12.3 Å². The summed E-state index contributed by atoms with van der Waals surface area (Å²) in [6.07, 6.45) is 5.19. The second kappa shape index (κ2) is 10.4. The fraction of sp³-hybridized carbons (Fsp3) is 0.579. The van der Waals surface area contributed by atoms with Crippen molar-refractivity contribution in [3.05, 3.63) is 24.3 Å². The van der Waals surface area contributed by atoms with E-state index in [1.54, 1.807) is 0 Å². The van der Waals surface area contributed by atoms with Gasteiger partial charge in [-0.15, -0.1) is 0 Å². The van der Waals surface area contributed by atoms with Gasteiger partial charge >= 0.3 is 0 Å². The molecule has 8 nitrogen and oxygen atoms in total. The molecule has 9 heteroatoms. The SMILES string of the molecule is COc1ccc(S(=O)(=O)N[C@@H](C)C(=O)NCCNC(=O)C2CCCCC2)cc1. The van der Waals surface area contributed by atoms with Gasteiger partial charge in [0.25, 0.3) is 0 Å². The van der Waals surface area contributed by atoms with Crippen LogP contribution in [0.15, 0.2) is 29.2 Å². The van der Waals surface area contributed by atoms with E-state index in [1.807, 2.05) is 0 Å². The summed E-state index contributed by atoms with van der Waals surface area (Å²) in [4.78, 5) is 24.2. The fourth-order valence-electron chi connectivity index (χ4n) is 3.14. The van der Waals surface area contributed by atoms with Gasteiger partial charge in [-0.3, -0.25) is 9.59 Å². The van der Waals surface area contributed by atoms with Crippen LogP contribution in [0.3, 0.4) is 0 Å². The van der Waals surface area contributed by atoms with Crippen LogP contribution in [0.1, 0.15) is 39.0 Å². The zero-order valence-electron chi connectivity index (χ0n) is 16.4. The van der Waals surface area contributed by atoms with Gasteiger partial charge in [0.05, 0.1) is 18.0 Å².